The fraction of sp³-hybridized carbons (Fsp3) is 0.692. The fourth-order valence-electron chi connectivity index (χ4n) is 2.00. The molecule has 0 spiro atoms. The highest BCUT2D eigenvalue weighted by molar-refractivity contribution is 5.83. The van der Waals surface area contributed by atoms with Crippen molar-refractivity contribution in [3.8, 4) is 0 Å². The highest BCUT2D eigenvalue weighted by atomic mass is 16.6. The minimum atomic E-state index is -0.560. The monoisotopic (exact) mass is 240 g/mol. The van der Waals surface area contributed by atoms with Crippen LogP contribution in [0.25, 0.3) is 0 Å². The van der Waals surface area contributed by atoms with Crippen LogP contribution in [-0.4, -0.2) is 24.1 Å². The largest absolute Gasteiger partial charge is 0.393 e. The van der Waals surface area contributed by atoms with Crippen molar-refractivity contribution in [3.05, 3.63) is 12.2 Å². The van der Waals surface area contributed by atoms with Gasteiger partial charge in [0.1, 0.15) is 0 Å². The predicted octanol–water partition coefficient (Wildman–Crippen LogP) is 2.37. The zero-order chi connectivity index (χ0) is 12.8. The first-order chi connectivity index (χ1) is 8.02. The molecule has 0 saturated carbocycles. The highest BCUT2D eigenvalue weighted by Gasteiger charge is 2.28. The topological polar surface area (TPSA) is 52.6 Å². The molecule has 0 N–H and O–H groups in total. The third-order valence-corrected chi connectivity index (χ3v) is 2.78. The Bertz CT molecular complexity index is 309. The van der Waals surface area contributed by atoms with E-state index < -0.39 is 11.9 Å². The van der Waals surface area contributed by atoms with Gasteiger partial charge in [-0.15, -0.1) is 0 Å². The van der Waals surface area contributed by atoms with Crippen LogP contribution >= 0.6 is 0 Å². The lowest BCUT2D eigenvalue weighted by Crippen LogP contribution is -2.15. The van der Waals surface area contributed by atoms with Crippen molar-refractivity contribution in [2.75, 3.05) is 0 Å². The summed E-state index contributed by atoms with van der Waals surface area (Å²) < 4.78 is 10.2. The van der Waals surface area contributed by atoms with Gasteiger partial charge in [0, 0.05) is 13.3 Å². The molecule has 0 radical (unpaired) electrons. The first-order valence-electron chi connectivity index (χ1n) is 6.07. The van der Waals surface area contributed by atoms with E-state index in [1.165, 1.54) is 6.92 Å². The Morgan fingerprint density at radius 3 is 2.76 bits per heavy atom. The molecule has 0 aromatic heterocycles. The Kier molecular flexibility index (Phi) is 5.35. The molecule has 1 unspecified atom stereocenters. The number of rotatable bonds is 5. The fourth-order valence-corrected chi connectivity index (χ4v) is 2.00. The number of hydrogen-bond donors (Lipinski definition) is 0. The van der Waals surface area contributed by atoms with Gasteiger partial charge in [0.25, 0.3) is 0 Å². The lowest BCUT2D eigenvalue weighted by Gasteiger charge is -2.12. The Morgan fingerprint density at radius 1 is 1.47 bits per heavy atom. The van der Waals surface area contributed by atoms with E-state index in [1.54, 1.807) is 0 Å². The van der Waals surface area contributed by atoms with E-state index in [9.17, 15) is 9.59 Å². The minimum Gasteiger partial charge on any atom is -0.393 e. The van der Waals surface area contributed by atoms with Crippen LogP contribution in [0.3, 0.4) is 0 Å². The molecular formula is C13H20O4. The van der Waals surface area contributed by atoms with E-state index in [2.05, 4.69) is 18.2 Å². The van der Waals surface area contributed by atoms with Gasteiger partial charge in [0.2, 0.25) is 0 Å². The van der Waals surface area contributed by atoms with Crippen LogP contribution < -0.4 is 0 Å². The molecule has 1 heterocycles. The Labute approximate surface area is 102 Å². The van der Waals surface area contributed by atoms with Crippen LogP contribution in [0, 0.1) is 0 Å². The number of hydrogen-bond acceptors (Lipinski definition) is 4. The molecular weight excluding hydrogens is 220 g/mol. The van der Waals surface area contributed by atoms with Crippen molar-refractivity contribution in [3.63, 3.8) is 0 Å². The normalized spacial score (nSPS) is 23.8. The summed E-state index contributed by atoms with van der Waals surface area (Å²) in [5.41, 5.74) is 1.11. The molecule has 1 saturated heterocycles. The molecule has 0 amide bonds. The average Bonchev–Trinajstić information content (AvgIpc) is 2.57. The molecule has 1 fully saturated rings. The smallest absolute Gasteiger partial charge is 0.313 e. The molecule has 17 heavy (non-hydrogen) atoms. The van der Waals surface area contributed by atoms with Crippen molar-refractivity contribution in [2.24, 2.45) is 0 Å². The zero-order valence-corrected chi connectivity index (χ0v) is 10.5. The first-order valence-corrected chi connectivity index (χ1v) is 6.07. The molecule has 1 aliphatic rings. The Morgan fingerprint density at radius 2 is 2.18 bits per heavy atom. The molecule has 1 rings (SSSR count). The summed E-state index contributed by atoms with van der Waals surface area (Å²) in [6.45, 7) is 7.32. The van der Waals surface area contributed by atoms with Gasteiger partial charge in [-0.05, 0) is 24.8 Å². The van der Waals surface area contributed by atoms with E-state index in [-0.39, 0.29) is 18.6 Å². The third-order valence-electron chi connectivity index (χ3n) is 2.78. The molecule has 2 atom stereocenters. The maximum absolute atomic E-state index is 11.2. The van der Waals surface area contributed by atoms with Crippen molar-refractivity contribution < 1.29 is 19.1 Å². The van der Waals surface area contributed by atoms with E-state index in [0.717, 1.165) is 24.8 Å². The van der Waals surface area contributed by atoms with Crippen molar-refractivity contribution in [1.82, 2.24) is 0 Å². The molecule has 0 bridgehead atoms. The third kappa shape index (κ3) is 4.69. The lowest BCUT2D eigenvalue weighted by atomic mass is 10.0. The standard InChI is InChI=1S/C13H20O4/c1-4-5-12-9(2)8-11(17-12)6-7-13(15)16-10(3)14/h11-12H,2,4-8H2,1,3H3/t11?,12-/m0/s1. The number of carbonyl (C=O) groups excluding carboxylic acids is 2. The van der Waals surface area contributed by atoms with E-state index in [0.29, 0.717) is 6.42 Å². The Balaban J connectivity index is 2.28. The summed E-state index contributed by atoms with van der Waals surface area (Å²) in [6, 6.07) is 0. The summed E-state index contributed by atoms with van der Waals surface area (Å²) in [5.74, 6) is -1.04. The van der Waals surface area contributed by atoms with Gasteiger partial charge in [-0.25, -0.2) is 0 Å². The second-order valence-corrected chi connectivity index (χ2v) is 4.40. The van der Waals surface area contributed by atoms with Gasteiger partial charge < -0.3 is 9.47 Å². The maximum Gasteiger partial charge on any atom is 0.313 e. The minimum absolute atomic E-state index is 0.0403. The molecule has 0 aromatic rings. The van der Waals surface area contributed by atoms with Crippen LogP contribution in [0.15, 0.2) is 12.2 Å². The van der Waals surface area contributed by atoms with Crippen LogP contribution in [-0.2, 0) is 19.1 Å². The summed E-state index contributed by atoms with van der Waals surface area (Å²) >= 11 is 0. The zero-order valence-electron chi connectivity index (χ0n) is 10.5. The van der Waals surface area contributed by atoms with Gasteiger partial charge in [0.05, 0.1) is 12.2 Å². The maximum atomic E-state index is 11.2. The van der Waals surface area contributed by atoms with Gasteiger partial charge >= 0.3 is 11.9 Å². The second-order valence-electron chi connectivity index (χ2n) is 4.40. The Hall–Kier alpha value is -1.16. The predicted molar refractivity (Wildman–Crippen MR) is 63.3 cm³/mol. The summed E-state index contributed by atoms with van der Waals surface area (Å²) in [5, 5.41) is 0. The molecule has 4 nitrogen and oxygen atoms in total. The lowest BCUT2D eigenvalue weighted by molar-refractivity contribution is -0.158. The van der Waals surface area contributed by atoms with Crippen LogP contribution in [0.5, 0.6) is 0 Å². The summed E-state index contributed by atoms with van der Waals surface area (Å²) in [6.07, 6.45) is 3.82. The average molecular weight is 240 g/mol. The number of ether oxygens (including phenoxy) is 2. The van der Waals surface area contributed by atoms with Gasteiger partial charge in [0.15, 0.2) is 0 Å². The van der Waals surface area contributed by atoms with Gasteiger partial charge in [-0.2, -0.15) is 0 Å². The van der Waals surface area contributed by atoms with Crippen molar-refractivity contribution in [1.29, 1.82) is 0 Å². The summed E-state index contributed by atoms with van der Waals surface area (Å²) in [4.78, 5) is 21.7. The van der Waals surface area contributed by atoms with Crippen LogP contribution in [0.1, 0.15) is 46.0 Å². The van der Waals surface area contributed by atoms with Gasteiger partial charge in [-0.1, -0.05) is 19.9 Å². The molecule has 96 valence electrons. The van der Waals surface area contributed by atoms with E-state index in [4.69, 9.17) is 4.74 Å². The molecule has 0 aliphatic carbocycles. The van der Waals surface area contributed by atoms with E-state index >= 15 is 0 Å². The van der Waals surface area contributed by atoms with Crippen molar-refractivity contribution in [2.45, 2.75) is 58.2 Å². The number of esters is 2. The van der Waals surface area contributed by atoms with Crippen LogP contribution in [0.2, 0.25) is 0 Å². The molecule has 4 heteroatoms. The SMILES string of the molecule is C=C1CC(CCC(=O)OC(C)=O)O[C@H]1CCC. The van der Waals surface area contributed by atoms with Crippen molar-refractivity contribution >= 4 is 11.9 Å². The quantitative estimate of drug-likeness (QED) is 0.420. The molecule has 0 aromatic carbocycles. The molecule has 1 aliphatic heterocycles. The first kappa shape index (κ1) is 13.9. The van der Waals surface area contributed by atoms with E-state index in [1.807, 2.05) is 0 Å². The summed E-state index contributed by atoms with van der Waals surface area (Å²) in [7, 11) is 0. The highest BCUT2D eigenvalue weighted by Crippen LogP contribution is 2.29. The number of carbonyl (C=O) groups is 2. The second kappa shape index (κ2) is 6.55. The van der Waals surface area contributed by atoms with Gasteiger partial charge in [-0.3, -0.25) is 9.59 Å². The van der Waals surface area contributed by atoms with Crippen LogP contribution in [0.4, 0.5) is 0 Å².